The van der Waals surface area contributed by atoms with E-state index in [4.69, 9.17) is 5.73 Å². The first-order valence-corrected chi connectivity index (χ1v) is 4.66. The number of nitrogens with zero attached hydrogens (tertiary/aromatic N) is 2. The molecule has 0 spiro atoms. The van der Waals surface area contributed by atoms with E-state index < -0.39 is 0 Å². The van der Waals surface area contributed by atoms with Gasteiger partial charge in [-0.1, -0.05) is 0 Å². The number of hydrogen-bond donors (Lipinski definition) is 1. The zero-order chi connectivity index (χ0) is 9.56. The summed E-state index contributed by atoms with van der Waals surface area (Å²) in [5, 5.41) is 0. The Morgan fingerprint density at radius 3 is 2.08 bits per heavy atom. The van der Waals surface area contributed by atoms with E-state index in [1.165, 1.54) is 0 Å². The molecule has 0 aliphatic rings. The number of hydrogen-bond acceptors (Lipinski definition) is 3. The molecule has 3 nitrogen and oxygen atoms in total. The SMILES string of the molecule is CC(C)N(C)CCN(C)CCN. The Kier molecular flexibility index (Phi) is 6.34. The molecular formula is C9H23N3. The molecule has 0 atom stereocenters. The van der Waals surface area contributed by atoms with Gasteiger partial charge >= 0.3 is 0 Å². The van der Waals surface area contributed by atoms with Gasteiger partial charge in [0.25, 0.3) is 0 Å². The lowest BCUT2D eigenvalue weighted by molar-refractivity contribution is 0.227. The molecule has 0 amide bonds. The van der Waals surface area contributed by atoms with E-state index in [2.05, 4.69) is 37.7 Å². The van der Waals surface area contributed by atoms with Crippen molar-refractivity contribution in [2.75, 3.05) is 40.3 Å². The van der Waals surface area contributed by atoms with Crippen LogP contribution in [0.1, 0.15) is 13.8 Å². The zero-order valence-electron chi connectivity index (χ0n) is 8.88. The summed E-state index contributed by atoms with van der Waals surface area (Å²) in [5.74, 6) is 0. The maximum absolute atomic E-state index is 5.44. The van der Waals surface area contributed by atoms with Crippen LogP contribution in [0.25, 0.3) is 0 Å². The van der Waals surface area contributed by atoms with Gasteiger partial charge in [0.1, 0.15) is 0 Å². The molecule has 0 aromatic carbocycles. The van der Waals surface area contributed by atoms with Crippen LogP contribution in [0.2, 0.25) is 0 Å². The minimum atomic E-state index is 0.635. The van der Waals surface area contributed by atoms with Crippen LogP contribution in [0.5, 0.6) is 0 Å². The third kappa shape index (κ3) is 5.52. The maximum Gasteiger partial charge on any atom is 0.0109 e. The Morgan fingerprint density at radius 2 is 1.67 bits per heavy atom. The molecule has 74 valence electrons. The molecule has 0 bridgehead atoms. The van der Waals surface area contributed by atoms with Crippen molar-refractivity contribution in [1.29, 1.82) is 0 Å². The monoisotopic (exact) mass is 173 g/mol. The largest absolute Gasteiger partial charge is 0.329 e. The minimum Gasteiger partial charge on any atom is -0.329 e. The van der Waals surface area contributed by atoms with E-state index in [0.29, 0.717) is 6.04 Å². The van der Waals surface area contributed by atoms with Crippen LogP contribution >= 0.6 is 0 Å². The fourth-order valence-electron chi connectivity index (χ4n) is 0.919. The molecule has 0 unspecified atom stereocenters. The molecule has 0 aromatic heterocycles. The van der Waals surface area contributed by atoms with Crippen molar-refractivity contribution in [3.63, 3.8) is 0 Å². The molecule has 0 saturated heterocycles. The van der Waals surface area contributed by atoms with E-state index in [1.807, 2.05) is 0 Å². The zero-order valence-corrected chi connectivity index (χ0v) is 8.88. The van der Waals surface area contributed by atoms with Crippen molar-refractivity contribution < 1.29 is 0 Å². The van der Waals surface area contributed by atoms with Gasteiger partial charge in [-0.25, -0.2) is 0 Å². The summed E-state index contributed by atoms with van der Waals surface area (Å²) in [7, 11) is 4.27. The van der Waals surface area contributed by atoms with Gasteiger partial charge in [-0.15, -0.1) is 0 Å². The Labute approximate surface area is 76.5 Å². The lowest BCUT2D eigenvalue weighted by Crippen LogP contribution is -2.36. The highest BCUT2D eigenvalue weighted by Crippen LogP contribution is 1.92. The summed E-state index contributed by atoms with van der Waals surface area (Å²) in [6, 6.07) is 0.635. The fourth-order valence-corrected chi connectivity index (χ4v) is 0.919. The Morgan fingerprint density at radius 1 is 1.08 bits per heavy atom. The van der Waals surface area contributed by atoms with Crippen molar-refractivity contribution in [3.8, 4) is 0 Å². The van der Waals surface area contributed by atoms with Crippen molar-refractivity contribution >= 4 is 0 Å². The van der Waals surface area contributed by atoms with E-state index in [0.717, 1.165) is 26.2 Å². The number of rotatable bonds is 6. The van der Waals surface area contributed by atoms with Crippen LogP contribution in [0.3, 0.4) is 0 Å². The first-order chi connectivity index (χ1) is 5.57. The van der Waals surface area contributed by atoms with Gasteiger partial charge in [0, 0.05) is 32.2 Å². The predicted molar refractivity (Wildman–Crippen MR) is 54.3 cm³/mol. The Bertz CT molecular complexity index is 104. The summed E-state index contributed by atoms with van der Waals surface area (Å²) < 4.78 is 0. The molecule has 0 rings (SSSR count). The van der Waals surface area contributed by atoms with Gasteiger partial charge in [-0.05, 0) is 27.9 Å². The summed E-state index contributed by atoms with van der Waals surface area (Å²) in [4.78, 5) is 4.60. The molecule has 0 aliphatic heterocycles. The average molecular weight is 173 g/mol. The normalized spacial score (nSPS) is 12.0. The highest BCUT2D eigenvalue weighted by Gasteiger charge is 2.03. The minimum absolute atomic E-state index is 0.635. The number of likely N-dealkylation sites (N-methyl/N-ethyl adjacent to an activating group) is 2. The van der Waals surface area contributed by atoms with Gasteiger partial charge in [0.05, 0.1) is 0 Å². The lowest BCUT2D eigenvalue weighted by atomic mass is 10.3. The third-order valence-corrected chi connectivity index (χ3v) is 2.23. The van der Waals surface area contributed by atoms with Crippen molar-refractivity contribution in [2.24, 2.45) is 5.73 Å². The topological polar surface area (TPSA) is 32.5 Å². The standard InChI is InChI=1S/C9H23N3/c1-9(2)12(4)8-7-11(3)6-5-10/h9H,5-8,10H2,1-4H3. The van der Waals surface area contributed by atoms with E-state index in [1.54, 1.807) is 0 Å². The molecule has 12 heavy (non-hydrogen) atoms. The molecule has 0 heterocycles. The number of nitrogens with two attached hydrogens (primary N) is 1. The summed E-state index contributed by atoms with van der Waals surface area (Å²) in [5.41, 5.74) is 5.44. The van der Waals surface area contributed by atoms with Crippen LogP contribution in [-0.4, -0.2) is 56.1 Å². The van der Waals surface area contributed by atoms with Gasteiger partial charge in [0.15, 0.2) is 0 Å². The second-order valence-electron chi connectivity index (χ2n) is 3.67. The smallest absolute Gasteiger partial charge is 0.0109 e. The van der Waals surface area contributed by atoms with Crippen molar-refractivity contribution in [1.82, 2.24) is 9.80 Å². The van der Waals surface area contributed by atoms with Crippen LogP contribution in [0, 0.1) is 0 Å². The molecule has 0 aliphatic carbocycles. The van der Waals surface area contributed by atoms with Gasteiger partial charge in [-0.2, -0.15) is 0 Å². The quantitative estimate of drug-likeness (QED) is 0.623. The summed E-state index contributed by atoms with van der Waals surface area (Å²) >= 11 is 0. The molecule has 3 heteroatoms. The third-order valence-electron chi connectivity index (χ3n) is 2.23. The molecule has 0 radical (unpaired) electrons. The summed E-state index contributed by atoms with van der Waals surface area (Å²) in [6.07, 6.45) is 0. The molecule has 0 aromatic rings. The highest BCUT2D eigenvalue weighted by atomic mass is 15.2. The van der Waals surface area contributed by atoms with Crippen molar-refractivity contribution in [2.45, 2.75) is 19.9 Å². The average Bonchev–Trinajstić information content (AvgIpc) is 2.00. The van der Waals surface area contributed by atoms with Crippen LogP contribution in [-0.2, 0) is 0 Å². The first-order valence-electron chi connectivity index (χ1n) is 4.66. The molecular weight excluding hydrogens is 150 g/mol. The molecule has 0 fully saturated rings. The lowest BCUT2D eigenvalue weighted by Gasteiger charge is -2.24. The van der Waals surface area contributed by atoms with E-state index >= 15 is 0 Å². The maximum atomic E-state index is 5.44. The molecule has 2 N–H and O–H groups in total. The first kappa shape index (κ1) is 11.9. The van der Waals surface area contributed by atoms with Gasteiger partial charge in [0.2, 0.25) is 0 Å². The Hall–Kier alpha value is -0.120. The van der Waals surface area contributed by atoms with Crippen LogP contribution in [0.15, 0.2) is 0 Å². The molecule has 0 saturated carbocycles. The second kappa shape index (κ2) is 6.40. The fraction of sp³-hybridized carbons (Fsp3) is 1.00. The second-order valence-corrected chi connectivity index (χ2v) is 3.67. The van der Waals surface area contributed by atoms with Crippen LogP contribution < -0.4 is 5.73 Å². The Balaban J connectivity index is 3.40. The van der Waals surface area contributed by atoms with E-state index in [9.17, 15) is 0 Å². The van der Waals surface area contributed by atoms with Gasteiger partial charge < -0.3 is 15.5 Å². The van der Waals surface area contributed by atoms with E-state index in [-0.39, 0.29) is 0 Å². The predicted octanol–water partition coefficient (Wildman–Crippen LogP) is 0.217. The van der Waals surface area contributed by atoms with Crippen LogP contribution in [0.4, 0.5) is 0 Å². The van der Waals surface area contributed by atoms with Crippen molar-refractivity contribution in [3.05, 3.63) is 0 Å². The van der Waals surface area contributed by atoms with Gasteiger partial charge in [-0.3, -0.25) is 0 Å². The highest BCUT2D eigenvalue weighted by molar-refractivity contribution is 4.60. The summed E-state index contributed by atoms with van der Waals surface area (Å²) in [6.45, 7) is 8.39.